The van der Waals surface area contributed by atoms with Gasteiger partial charge in [0.2, 0.25) is 0 Å². The predicted octanol–water partition coefficient (Wildman–Crippen LogP) is 7.13. The maximum atomic E-state index is 12.6. The molecule has 5 heteroatoms. The SMILES string of the molecule is CC(CCCC(O)C(F)(F)F)[C@H]1CC[C@H]2[C@@H]3CC[C@H]4C[C@@](C)(O)CC[C@]4(C)[C@H]3CC[C@]12C. The Kier molecular flexibility index (Phi) is 6.54. The van der Waals surface area contributed by atoms with E-state index in [-0.39, 0.29) is 6.42 Å². The van der Waals surface area contributed by atoms with Crippen LogP contribution < -0.4 is 0 Å². The minimum atomic E-state index is -4.49. The summed E-state index contributed by atoms with van der Waals surface area (Å²) >= 11 is 0. The molecule has 0 amide bonds. The zero-order valence-corrected chi connectivity index (χ0v) is 20.6. The van der Waals surface area contributed by atoms with Crippen molar-refractivity contribution in [2.45, 2.75) is 123 Å². The molecule has 4 rings (SSSR count). The molecule has 0 aromatic heterocycles. The number of fused-ring (bicyclic) bond motifs is 5. The van der Waals surface area contributed by atoms with Crippen molar-refractivity contribution in [3.05, 3.63) is 0 Å². The fourth-order valence-corrected chi connectivity index (χ4v) is 9.40. The molecule has 4 fully saturated rings. The summed E-state index contributed by atoms with van der Waals surface area (Å²) in [4.78, 5) is 0. The predicted molar refractivity (Wildman–Crippen MR) is 121 cm³/mol. The van der Waals surface area contributed by atoms with Crippen LogP contribution in [0.25, 0.3) is 0 Å². The summed E-state index contributed by atoms with van der Waals surface area (Å²) in [5.74, 6) is 3.95. The molecule has 4 aliphatic carbocycles. The monoisotopic (exact) mass is 458 g/mol. The van der Waals surface area contributed by atoms with Gasteiger partial charge in [-0.05, 0) is 117 Å². The molecule has 10 atom stereocenters. The lowest BCUT2D eigenvalue weighted by Gasteiger charge is -2.62. The van der Waals surface area contributed by atoms with Gasteiger partial charge in [0.25, 0.3) is 0 Å². The molecule has 4 saturated carbocycles. The van der Waals surface area contributed by atoms with Crippen LogP contribution in [-0.4, -0.2) is 28.1 Å². The Bertz CT molecular complexity index is 676. The molecule has 0 saturated heterocycles. The van der Waals surface area contributed by atoms with E-state index in [2.05, 4.69) is 20.8 Å². The zero-order chi connectivity index (χ0) is 23.5. The van der Waals surface area contributed by atoms with Crippen molar-refractivity contribution >= 4 is 0 Å². The van der Waals surface area contributed by atoms with E-state index in [0.717, 1.165) is 43.4 Å². The number of alkyl halides is 3. The summed E-state index contributed by atoms with van der Waals surface area (Å²) < 4.78 is 37.9. The van der Waals surface area contributed by atoms with Gasteiger partial charge in [0.05, 0.1) is 5.60 Å². The second-order valence-electron chi connectivity index (χ2n) is 13.1. The van der Waals surface area contributed by atoms with Crippen LogP contribution in [0.2, 0.25) is 0 Å². The summed E-state index contributed by atoms with van der Waals surface area (Å²) in [6.45, 7) is 9.28. The summed E-state index contributed by atoms with van der Waals surface area (Å²) in [6, 6.07) is 0. The van der Waals surface area contributed by atoms with Gasteiger partial charge in [0, 0.05) is 0 Å². The molecule has 2 N–H and O–H groups in total. The molecule has 2 unspecified atom stereocenters. The van der Waals surface area contributed by atoms with E-state index in [0.29, 0.717) is 35.0 Å². The van der Waals surface area contributed by atoms with Gasteiger partial charge in [-0.25, -0.2) is 0 Å². The van der Waals surface area contributed by atoms with Crippen LogP contribution in [0.3, 0.4) is 0 Å². The molecule has 0 aromatic rings. The molecule has 0 aromatic carbocycles. The average Bonchev–Trinajstić information content (AvgIpc) is 3.05. The summed E-state index contributed by atoms with van der Waals surface area (Å²) in [7, 11) is 0. The van der Waals surface area contributed by atoms with Gasteiger partial charge >= 0.3 is 6.18 Å². The van der Waals surface area contributed by atoms with Gasteiger partial charge in [-0.1, -0.05) is 33.6 Å². The number of aliphatic hydroxyl groups excluding tert-OH is 1. The van der Waals surface area contributed by atoms with Gasteiger partial charge in [-0.3, -0.25) is 0 Å². The molecule has 2 nitrogen and oxygen atoms in total. The Hall–Kier alpha value is -0.290. The molecule has 0 spiro atoms. The minimum Gasteiger partial charge on any atom is -0.390 e. The third-order valence-corrected chi connectivity index (χ3v) is 11.2. The molecular formula is C27H45F3O2. The third-order valence-electron chi connectivity index (χ3n) is 11.2. The average molecular weight is 459 g/mol. The molecule has 32 heavy (non-hydrogen) atoms. The minimum absolute atomic E-state index is 0.172. The number of hydrogen-bond acceptors (Lipinski definition) is 2. The first-order chi connectivity index (χ1) is 14.8. The Labute approximate surface area is 192 Å². The zero-order valence-electron chi connectivity index (χ0n) is 20.6. The Morgan fingerprint density at radius 3 is 2.25 bits per heavy atom. The van der Waals surface area contributed by atoms with Crippen molar-refractivity contribution in [2.24, 2.45) is 46.3 Å². The molecule has 0 bridgehead atoms. The molecular weight excluding hydrogens is 413 g/mol. The standard InChI is InChI=1S/C27H45F3O2/c1-17(6-5-7-23(31)27(28,29)30)20-10-11-21-19-9-8-18-16-24(2,32)14-15-25(18,3)22(19)12-13-26(20,21)4/h17-23,31-32H,5-16H2,1-4H3/t17?,18-,19-,20+,21-,22-,23?,24-,25-,26+/m0/s1. The highest BCUT2D eigenvalue weighted by Crippen LogP contribution is 2.68. The number of aliphatic hydroxyl groups is 2. The fraction of sp³-hybridized carbons (Fsp3) is 1.00. The van der Waals surface area contributed by atoms with Crippen molar-refractivity contribution in [3.63, 3.8) is 0 Å². The largest absolute Gasteiger partial charge is 0.414 e. The highest BCUT2D eigenvalue weighted by Gasteiger charge is 2.61. The first kappa shape index (κ1) is 24.8. The van der Waals surface area contributed by atoms with Crippen LogP contribution in [0.1, 0.15) is 105 Å². The lowest BCUT2D eigenvalue weighted by Crippen LogP contribution is -2.55. The molecule has 0 heterocycles. The molecule has 4 aliphatic rings. The van der Waals surface area contributed by atoms with Crippen LogP contribution in [0.4, 0.5) is 13.2 Å². The van der Waals surface area contributed by atoms with Crippen molar-refractivity contribution in [1.29, 1.82) is 0 Å². The second kappa shape index (κ2) is 8.43. The Morgan fingerprint density at radius 1 is 0.875 bits per heavy atom. The molecule has 0 radical (unpaired) electrons. The first-order valence-electron chi connectivity index (χ1n) is 13.2. The highest BCUT2D eigenvalue weighted by atomic mass is 19.4. The van der Waals surface area contributed by atoms with E-state index in [1.165, 1.54) is 38.5 Å². The van der Waals surface area contributed by atoms with Crippen molar-refractivity contribution < 1.29 is 23.4 Å². The van der Waals surface area contributed by atoms with E-state index in [9.17, 15) is 23.4 Å². The summed E-state index contributed by atoms with van der Waals surface area (Å²) in [5, 5.41) is 20.0. The Balaban J connectivity index is 1.41. The van der Waals surface area contributed by atoms with Gasteiger partial charge in [-0.15, -0.1) is 0 Å². The van der Waals surface area contributed by atoms with Crippen LogP contribution in [-0.2, 0) is 0 Å². The number of halogens is 3. The van der Waals surface area contributed by atoms with E-state index >= 15 is 0 Å². The maximum Gasteiger partial charge on any atom is 0.414 e. The second-order valence-corrected chi connectivity index (χ2v) is 13.1. The first-order valence-corrected chi connectivity index (χ1v) is 13.2. The van der Waals surface area contributed by atoms with Gasteiger partial charge < -0.3 is 10.2 Å². The normalized spacial score (nSPS) is 48.5. The van der Waals surface area contributed by atoms with Crippen LogP contribution in [0.15, 0.2) is 0 Å². The maximum absolute atomic E-state index is 12.6. The lowest BCUT2D eigenvalue weighted by atomic mass is 9.43. The van der Waals surface area contributed by atoms with Crippen molar-refractivity contribution in [3.8, 4) is 0 Å². The van der Waals surface area contributed by atoms with E-state index in [4.69, 9.17) is 0 Å². The van der Waals surface area contributed by atoms with Crippen molar-refractivity contribution in [1.82, 2.24) is 0 Å². The molecule has 186 valence electrons. The van der Waals surface area contributed by atoms with Gasteiger partial charge in [-0.2, -0.15) is 13.2 Å². The molecule has 0 aliphatic heterocycles. The number of rotatable bonds is 5. The van der Waals surface area contributed by atoms with Crippen LogP contribution in [0, 0.1) is 46.3 Å². The van der Waals surface area contributed by atoms with Crippen LogP contribution in [0.5, 0.6) is 0 Å². The highest BCUT2D eigenvalue weighted by molar-refractivity contribution is 5.10. The van der Waals surface area contributed by atoms with Gasteiger partial charge in [0.1, 0.15) is 6.10 Å². The van der Waals surface area contributed by atoms with Gasteiger partial charge in [0.15, 0.2) is 0 Å². The fourth-order valence-electron chi connectivity index (χ4n) is 9.40. The van der Waals surface area contributed by atoms with Crippen molar-refractivity contribution in [2.75, 3.05) is 0 Å². The third kappa shape index (κ3) is 4.27. The van der Waals surface area contributed by atoms with E-state index in [1.807, 2.05) is 6.92 Å². The summed E-state index contributed by atoms with van der Waals surface area (Å²) in [5.41, 5.74) is 0.185. The smallest absolute Gasteiger partial charge is 0.390 e. The topological polar surface area (TPSA) is 40.5 Å². The quantitative estimate of drug-likeness (QED) is 0.460. The van der Waals surface area contributed by atoms with Crippen LogP contribution >= 0.6 is 0 Å². The van der Waals surface area contributed by atoms with E-state index in [1.54, 1.807) is 0 Å². The number of hydrogen-bond donors (Lipinski definition) is 2. The summed E-state index contributed by atoms with van der Waals surface area (Å²) in [6.07, 6.45) is 4.97. The Morgan fingerprint density at radius 2 is 1.56 bits per heavy atom. The lowest BCUT2D eigenvalue weighted by molar-refractivity contribution is -0.205. The van der Waals surface area contributed by atoms with E-state index < -0.39 is 17.9 Å².